The molecule has 108 valence electrons. The van der Waals surface area contributed by atoms with Crippen LogP contribution in [0.2, 0.25) is 0 Å². The van der Waals surface area contributed by atoms with E-state index in [2.05, 4.69) is 0 Å². The first-order chi connectivity index (χ1) is 8.86. The minimum atomic E-state index is -4.20. The Morgan fingerprint density at radius 1 is 1.32 bits per heavy atom. The van der Waals surface area contributed by atoms with E-state index >= 15 is 0 Å². The van der Waals surface area contributed by atoms with Crippen LogP contribution in [0, 0.1) is 0 Å². The highest BCUT2D eigenvalue weighted by Gasteiger charge is 2.17. The fourth-order valence-corrected chi connectivity index (χ4v) is 2.09. The fraction of sp³-hybridized carbons (Fsp3) is 0.556. The SMILES string of the molecule is COCCOCCn1cc(S(=O)(=O)Cl)c(=O)[nH]c1=O. The molecule has 0 amide bonds. The Morgan fingerprint density at radius 3 is 2.58 bits per heavy atom. The van der Waals surface area contributed by atoms with E-state index in [-0.39, 0.29) is 13.2 Å². The number of hydrogen-bond donors (Lipinski definition) is 1. The van der Waals surface area contributed by atoms with Gasteiger partial charge in [-0.25, -0.2) is 13.2 Å². The van der Waals surface area contributed by atoms with E-state index in [9.17, 15) is 18.0 Å². The minimum absolute atomic E-state index is 0.0821. The average molecular weight is 313 g/mol. The molecule has 1 aromatic heterocycles. The van der Waals surface area contributed by atoms with Gasteiger partial charge in [-0.2, -0.15) is 0 Å². The smallest absolute Gasteiger partial charge is 0.328 e. The van der Waals surface area contributed by atoms with E-state index in [1.165, 1.54) is 7.11 Å². The van der Waals surface area contributed by atoms with Gasteiger partial charge in [0, 0.05) is 24.0 Å². The molecule has 1 heterocycles. The summed E-state index contributed by atoms with van der Waals surface area (Å²) in [6.45, 7) is 0.993. The van der Waals surface area contributed by atoms with Crippen LogP contribution < -0.4 is 11.2 Å². The van der Waals surface area contributed by atoms with Gasteiger partial charge >= 0.3 is 5.69 Å². The van der Waals surface area contributed by atoms with Gasteiger partial charge in [-0.1, -0.05) is 0 Å². The van der Waals surface area contributed by atoms with Crippen LogP contribution in [-0.2, 0) is 25.1 Å². The number of methoxy groups -OCH3 is 1. The average Bonchev–Trinajstić information content (AvgIpc) is 2.29. The van der Waals surface area contributed by atoms with Crippen molar-refractivity contribution in [1.82, 2.24) is 9.55 Å². The molecule has 0 fully saturated rings. The topological polar surface area (TPSA) is 107 Å². The van der Waals surface area contributed by atoms with Gasteiger partial charge in [0.25, 0.3) is 14.6 Å². The normalized spacial score (nSPS) is 11.7. The third kappa shape index (κ3) is 4.78. The lowest BCUT2D eigenvalue weighted by Gasteiger charge is -2.07. The summed E-state index contributed by atoms with van der Waals surface area (Å²) in [5.74, 6) is 0. The number of halogens is 1. The molecule has 19 heavy (non-hydrogen) atoms. The van der Waals surface area contributed by atoms with Gasteiger partial charge in [0.05, 0.1) is 26.4 Å². The van der Waals surface area contributed by atoms with Crippen molar-refractivity contribution in [3.05, 3.63) is 27.0 Å². The van der Waals surface area contributed by atoms with Crippen molar-refractivity contribution in [3.8, 4) is 0 Å². The number of aromatic nitrogens is 2. The lowest BCUT2D eigenvalue weighted by atomic mass is 10.6. The molecule has 1 aromatic rings. The number of aromatic amines is 1. The van der Waals surface area contributed by atoms with Gasteiger partial charge in [-0.05, 0) is 0 Å². The highest BCUT2D eigenvalue weighted by atomic mass is 35.7. The van der Waals surface area contributed by atoms with E-state index in [1.54, 1.807) is 0 Å². The first kappa shape index (κ1) is 15.9. The molecule has 0 saturated heterocycles. The molecule has 0 radical (unpaired) electrons. The number of H-pyrrole nitrogens is 1. The summed E-state index contributed by atoms with van der Waals surface area (Å²) in [6, 6.07) is 0. The second-order valence-corrected chi connectivity index (χ2v) is 6.02. The third-order valence-electron chi connectivity index (χ3n) is 2.15. The van der Waals surface area contributed by atoms with Crippen molar-refractivity contribution >= 4 is 19.7 Å². The largest absolute Gasteiger partial charge is 0.382 e. The lowest BCUT2D eigenvalue weighted by molar-refractivity contribution is 0.0660. The number of nitrogens with one attached hydrogen (secondary N) is 1. The molecule has 0 unspecified atom stereocenters. The maximum atomic E-state index is 11.4. The first-order valence-corrected chi connectivity index (χ1v) is 7.52. The predicted octanol–water partition coefficient (Wildman–Crippen LogP) is -0.873. The van der Waals surface area contributed by atoms with Crippen LogP contribution in [0.5, 0.6) is 0 Å². The van der Waals surface area contributed by atoms with Crippen LogP contribution in [-0.4, -0.2) is 44.9 Å². The first-order valence-electron chi connectivity index (χ1n) is 5.21. The number of hydrogen-bond acceptors (Lipinski definition) is 6. The molecule has 10 heteroatoms. The lowest BCUT2D eigenvalue weighted by Crippen LogP contribution is -2.33. The zero-order valence-electron chi connectivity index (χ0n) is 10.1. The Hall–Kier alpha value is -1.16. The van der Waals surface area contributed by atoms with E-state index in [1.807, 2.05) is 4.98 Å². The molecular weight excluding hydrogens is 300 g/mol. The van der Waals surface area contributed by atoms with Gasteiger partial charge in [0.1, 0.15) is 0 Å². The Balaban J connectivity index is 2.85. The monoisotopic (exact) mass is 312 g/mol. The fourth-order valence-electron chi connectivity index (χ4n) is 1.24. The second-order valence-electron chi connectivity index (χ2n) is 3.49. The summed E-state index contributed by atoms with van der Waals surface area (Å²) in [6.07, 6.45) is 0.892. The van der Waals surface area contributed by atoms with Crippen LogP contribution in [0.3, 0.4) is 0 Å². The summed E-state index contributed by atoms with van der Waals surface area (Å²) in [7, 11) is 2.40. The molecule has 0 atom stereocenters. The van der Waals surface area contributed by atoms with Gasteiger partial charge in [-0.3, -0.25) is 14.3 Å². The number of rotatable bonds is 7. The molecule has 0 spiro atoms. The van der Waals surface area contributed by atoms with Crippen LogP contribution in [0.1, 0.15) is 0 Å². The van der Waals surface area contributed by atoms with Crippen molar-refractivity contribution in [2.24, 2.45) is 0 Å². The van der Waals surface area contributed by atoms with Crippen molar-refractivity contribution in [3.63, 3.8) is 0 Å². The summed E-state index contributed by atoms with van der Waals surface area (Å²) < 4.78 is 33.1. The molecule has 1 N–H and O–H groups in total. The molecule has 0 aliphatic heterocycles. The Kier molecular flexibility index (Phi) is 5.73. The Bertz CT molecular complexity index is 635. The molecule has 0 aromatic carbocycles. The molecule has 8 nitrogen and oxygen atoms in total. The molecule has 0 bridgehead atoms. The highest BCUT2D eigenvalue weighted by molar-refractivity contribution is 8.13. The summed E-state index contributed by atoms with van der Waals surface area (Å²) >= 11 is 0. The Labute approximate surface area is 113 Å². The molecule has 0 saturated carbocycles. The number of ether oxygens (including phenoxy) is 2. The van der Waals surface area contributed by atoms with E-state index in [0.717, 1.165) is 10.8 Å². The molecule has 0 aliphatic rings. The summed E-state index contributed by atoms with van der Waals surface area (Å²) in [5.41, 5.74) is -1.78. The standard InChI is InChI=1S/C9H13ClN2O6S/c1-17-4-5-18-3-2-12-6-7(19(10,15)16)8(13)11-9(12)14/h6H,2-5H2,1H3,(H,11,13,14). The third-order valence-corrected chi connectivity index (χ3v) is 3.46. The van der Waals surface area contributed by atoms with Gasteiger partial charge < -0.3 is 9.47 Å². The van der Waals surface area contributed by atoms with Crippen LogP contribution >= 0.6 is 10.7 Å². The van der Waals surface area contributed by atoms with Crippen molar-refractivity contribution in [2.75, 3.05) is 26.9 Å². The second kappa shape index (κ2) is 6.85. The van der Waals surface area contributed by atoms with Crippen LogP contribution in [0.25, 0.3) is 0 Å². The van der Waals surface area contributed by atoms with Crippen molar-refractivity contribution in [2.45, 2.75) is 11.4 Å². The van der Waals surface area contributed by atoms with Crippen molar-refractivity contribution in [1.29, 1.82) is 0 Å². The summed E-state index contributed by atoms with van der Waals surface area (Å²) in [5, 5.41) is 0. The zero-order valence-corrected chi connectivity index (χ0v) is 11.7. The maximum absolute atomic E-state index is 11.4. The zero-order chi connectivity index (χ0) is 14.5. The molecule has 0 aliphatic carbocycles. The van der Waals surface area contributed by atoms with E-state index < -0.39 is 25.2 Å². The van der Waals surface area contributed by atoms with Crippen LogP contribution in [0.15, 0.2) is 20.7 Å². The van der Waals surface area contributed by atoms with E-state index in [0.29, 0.717) is 13.2 Å². The maximum Gasteiger partial charge on any atom is 0.328 e. The van der Waals surface area contributed by atoms with Gasteiger partial charge in [-0.15, -0.1) is 0 Å². The van der Waals surface area contributed by atoms with E-state index in [4.69, 9.17) is 20.2 Å². The van der Waals surface area contributed by atoms with Gasteiger partial charge in [0.15, 0.2) is 4.90 Å². The number of nitrogens with zero attached hydrogens (tertiary/aromatic N) is 1. The molecule has 1 rings (SSSR count). The molecular formula is C9H13ClN2O6S. The van der Waals surface area contributed by atoms with Crippen molar-refractivity contribution < 1.29 is 17.9 Å². The minimum Gasteiger partial charge on any atom is -0.382 e. The highest BCUT2D eigenvalue weighted by Crippen LogP contribution is 2.07. The quantitative estimate of drug-likeness (QED) is 0.518. The van der Waals surface area contributed by atoms with Crippen LogP contribution in [0.4, 0.5) is 0 Å². The predicted molar refractivity (Wildman–Crippen MR) is 67.1 cm³/mol. The summed E-state index contributed by atoms with van der Waals surface area (Å²) in [4.78, 5) is 23.9. The van der Waals surface area contributed by atoms with Gasteiger partial charge in [0.2, 0.25) is 0 Å². The Morgan fingerprint density at radius 2 is 2.00 bits per heavy atom.